The number of hydrogen-bond acceptors (Lipinski definition) is 12. The molecule has 0 unspecified atom stereocenters. The fourth-order valence-electron chi connectivity index (χ4n) is 7.41. The summed E-state index contributed by atoms with van der Waals surface area (Å²) in [5.41, 5.74) is 2.96. The Morgan fingerprint density at radius 2 is 0.746 bits per heavy atom. The summed E-state index contributed by atoms with van der Waals surface area (Å²) >= 11 is 0. The number of hydrogen-bond donors (Lipinski definition) is 0. The summed E-state index contributed by atoms with van der Waals surface area (Å²) in [6, 6.07) is 26.2. The van der Waals surface area contributed by atoms with E-state index in [1.165, 1.54) is 52.5 Å². The van der Waals surface area contributed by atoms with Crippen molar-refractivity contribution in [2.75, 3.05) is 55.7 Å². The second-order valence-corrected chi connectivity index (χ2v) is 20.8. The minimum absolute atomic E-state index is 0.213. The average Bonchev–Trinajstić information content (AvgIpc) is 3.63. The van der Waals surface area contributed by atoms with Gasteiger partial charge in [0.1, 0.15) is 23.0 Å². The summed E-state index contributed by atoms with van der Waals surface area (Å²) in [6.07, 6.45) is 0.953. The summed E-state index contributed by atoms with van der Waals surface area (Å²) in [5, 5.41) is 0. The first-order valence-corrected chi connectivity index (χ1v) is 23.0. The number of benzene rings is 4. The number of imide groups is 2. The second-order valence-electron chi connectivity index (χ2n) is 14.6. The van der Waals surface area contributed by atoms with Crippen molar-refractivity contribution >= 4 is 41.2 Å². The van der Waals surface area contributed by atoms with Crippen LogP contribution in [0.25, 0.3) is 0 Å². The standard InChI is InChI=1S/C43H50N2O12Si2/c1-43(2,29-11-15-31(16-12-29)56-33-19-21-35-37(27-33)41(48)44(39(35)46)23-9-25-58(50-3,51-4)52-5)30-13-17-32(18-14-30)57-34-20-22-36-38(28-34)42(49)45(40(36)47)24-10-26-59(53-6,54-7)55-8/h11-22,27-28H,9-10,23-26H2,1-8H3. The SMILES string of the molecule is CO[Si](CCCN1C(=O)c2ccc(Oc3ccc(C(C)(C)c4ccc(Oc5ccc6c(c5)C(=O)N(CCC[Si](OC)(OC)OC)C6=O)cc4)cc3)cc2C1=O)(OC)OC. The van der Waals surface area contributed by atoms with Gasteiger partial charge in [0.25, 0.3) is 23.6 Å². The van der Waals surface area contributed by atoms with Gasteiger partial charge in [0, 0.05) is 73.3 Å². The van der Waals surface area contributed by atoms with Crippen LogP contribution in [0.15, 0.2) is 84.9 Å². The zero-order valence-corrected chi connectivity index (χ0v) is 36.6. The Morgan fingerprint density at radius 1 is 0.441 bits per heavy atom. The number of carbonyl (C=O) groups excluding carboxylic acids is 4. The molecule has 0 bridgehead atoms. The van der Waals surface area contributed by atoms with E-state index in [9.17, 15) is 19.2 Å². The third-order valence-electron chi connectivity index (χ3n) is 11.1. The van der Waals surface area contributed by atoms with Gasteiger partial charge in [0.15, 0.2) is 0 Å². The first-order chi connectivity index (χ1) is 28.3. The van der Waals surface area contributed by atoms with E-state index in [4.69, 9.17) is 36.0 Å². The van der Waals surface area contributed by atoms with Crippen molar-refractivity contribution in [1.29, 1.82) is 0 Å². The second kappa shape index (κ2) is 18.1. The molecule has 4 amide bonds. The highest BCUT2D eigenvalue weighted by Gasteiger charge is 2.41. The lowest BCUT2D eigenvalue weighted by molar-refractivity contribution is 0.0634. The molecule has 0 radical (unpaired) electrons. The first kappa shape index (κ1) is 43.5. The van der Waals surface area contributed by atoms with Crippen LogP contribution >= 0.6 is 0 Å². The van der Waals surface area contributed by atoms with Crippen LogP contribution in [0.1, 0.15) is 79.2 Å². The van der Waals surface area contributed by atoms with Crippen molar-refractivity contribution in [2.24, 2.45) is 0 Å². The quantitative estimate of drug-likeness (QED) is 0.0648. The molecule has 0 saturated carbocycles. The van der Waals surface area contributed by atoms with E-state index in [0.29, 0.717) is 70.2 Å². The molecule has 0 atom stereocenters. The Morgan fingerprint density at radius 3 is 1.07 bits per heavy atom. The summed E-state index contributed by atoms with van der Waals surface area (Å²) in [7, 11) is 3.50. The molecule has 2 heterocycles. The lowest BCUT2D eigenvalue weighted by Crippen LogP contribution is -2.43. The Balaban J connectivity index is 1.05. The zero-order valence-electron chi connectivity index (χ0n) is 34.6. The predicted octanol–water partition coefficient (Wildman–Crippen LogP) is 7.33. The molecule has 16 heteroatoms. The highest BCUT2D eigenvalue weighted by molar-refractivity contribution is 6.60. The van der Waals surface area contributed by atoms with Crippen molar-refractivity contribution in [3.05, 3.63) is 118 Å². The lowest BCUT2D eigenvalue weighted by Gasteiger charge is -2.26. The number of nitrogens with zero attached hydrogens (tertiary/aromatic N) is 2. The van der Waals surface area contributed by atoms with E-state index in [1.807, 2.05) is 48.5 Å². The van der Waals surface area contributed by atoms with Crippen LogP contribution in [0, 0.1) is 0 Å². The maximum atomic E-state index is 13.3. The van der Waals surface area contributed by atoms with Crippen LogP contribution in [0.2, 0.25) is 12.1 Å². The summed E-state index contributed by atoms with van der Waals surface area (Å²) in [6.45, 7) is 4.66. The van der Waals surface area contributed by atoms with E-state index in [2.05, 4.69) is 13.8 Å². The van der Waals surface area contributed by atoms with Crippen molar-refractivity contribution in [2.45, 2.75) is 44.2 Å². The van der Waals surface area contributed by atoms with Gasteiger partial charge in [-0.15, -0.1) is 0 Å². The molecule has 0 aromatic heterocycles. The monoisotopic (exact) mass is 842 g/mol. The summed E-state index contributed by atoms with van der Waals surface area (Å²) in [5.74, 6) is 0.595. The molecule has 0 N–H and O–H groups in total. The third-order valence-corrected chi connectivity index (χ3v) is 16.8. The molecule has 4 aromatic carbocycles. The maximum Gasteiger partial charge on any atom is 0.500 e. The number of carbonyl (C=O) groups is 4. The van der Waals surface area contributed by atoms with E-state index in [1.54, 1.807) is 36.4 Å². The molecule has 2 aliphatic heterocycles. The zero-order chi connectivity index (χ0) is 42.5. The molecular formula is C43H50N2O12Si2. The molecule has 6 rings (SSSR count). The van der Waals surface area contributed by atoms with E-state index in [-0.39, 0.29) is 42.1 Å². The maximum absolute atomic E-state index is 13.3. The largest absolute Gasteiger partial charge is 0.500 e. The minimum Gasteiger partial charge on any atom is -0.457 e. The molecule has 2 aliphatic rings. The van der Waals surface area contributed by atoms with Crippen LogP contribution in [-0.2, 0) is 32.0 Å². The highest BCUT2D eigenvalue weighted by Crippen LogP contribution is 2.36. The van der Waals surface area contributed by atoms with Crippen molar-refractivity contribution < 1.29 is 55.2 Å². The number of fused-ring (bicyclic) bond motifs is 2. The van der Waals surface area contributed by atoms with E-state index < -0.39 is 17.6 Å². The van der Waals surface area contributed by atoms with Crippen molar-refractivity contribution in [3.8, 4) is 23.0 Å². The van der Waals surface area contributed by atoms with Crippen LogP contribution in [0.5, 0.6) is 23.0 Å². The Bertz CT molecular complexity index is 2020. The molecule has 14 nitrogen and oxygen atoms in total. The van der Waals surface area contributed by atoms with Crippen LogP contribution in [0.4, 0.5) is 0 Å². The molecule has 0 aliphatic carbocycles. The van der Waals surface area contributed by atoms with Gasteiger partial charge in [-0.05, 0) is 84.6 Å². The van der Waals surface area contributed by atoms with Crippen molar-refractivity contribution in [1.82, 2.24) is 9.80 Å². The Labute approximate surface area is 346 Å². The number of rotatable bonds is 20. The Hall–Kier alpha value is -5.05. The highest BCUT2D eigenvalue weighted by atomic mass is 28.4. The average molecular weight is 843 g/mol. The summed E-state index contributed by atoms with van der Waals surface area (Å²) < 4.78 is 45.0. The molecule has 312 valence electrons. The van der Waals surface area contributed by atoms with Gasteiger partial charge in [-0.1, -0.05) is 38.1 Å². The topological polar surface area (TPSA) is 149 Å². The lowest BCUT2D eigenvalue weighted by atomic mass is 9.78. The Kier molecular flexibility index (Phi) is 13.3. The van der Waals surface area contributed by atoms with Gasteiger partial charge < -0.3 is 36.0 Å². The van der Waals surface area contributed by atoms with E-state index in [0.717, 1.165) is 11.1 Å². The van der Waals surface area contributed by atoms with Gasteiger partial charge in [-0.3, -0.25) is 29.0 Å². The number of ether oxygens (including phenoxy) is 2. The molecule has 0 spiro atoms. The van der Waals surface area contributed by atoms with Gasteiger partial charge in [0.2, 0.25) is 0 Å². The number of amides is 4. The normalized spacial score (nSPS) is 14.3. The van der Waals surface area contributed by atoms with Gasteiger partial charge >= 0.3 is 17.6 Å². The van der Waals surface area contributed by atoms with Gasteiger partial charge in [-0.25, -0.2) is 0 Å². The van der Waals surface area contributed by atoms with Gasteiger partial charge in [-0.2, -0.15) is 0 Å². The summed E-state index contributed by atoms with van der Waals surface area (Å²) in [4.78, 5) is 55.1. The fraction of sp³-hybridized carbons (Fsp3) is 0.349. The first-order valence-electron chi connectivity index (χ1n) is 19.2. The minimum atomic E-state index is -2.83. The molecule has 0 saturated heterocycles. The van der Waals surface area contributed by atoms with Crippen LogP contribution < -0.4 is 9.47 Å². The van der Waals surface area contributed by atoms with Crippen LogP contribution in [-0.4, -0.2) is 107 Å². The van der Waals surface area contributed by atoms with Crippen LogP contribution in [0.3, 0.4) is 0 Å². The van der Waals surface area contributed by atoms with Gasteiger partial charge in [0.05, 0.1) is 22.3 Å². The molecule has 0 fully saturated rings. The fourth-order valence-corrected chi connectivity index (χ4v) is 10.8. The molecule has 4 aromatic rings. The third kappa shape index (κ3) is 8.81. The molecule has 59 heavy (non-hydrogen) atoms. The smallest absolute Gasteiger partial charge is 0.457 e. The predicted molar refractivity (Wildman–Crippen MR) is 221 cm³/mol. The van der Waals surface area contributed by atoms with Crippen molar-refractivity contribution in [3.63, 3.8) is 0 Å². The molecular weight excluding hydrogens is 793 g/mol. The van der Waals surface area contributed by atoms with E-state index >= 15 is 0 Å².